The molecule has 0 saturated heterocycles. The number of aryl methyl sites for hydroxylation is 3. The zero-order chi connectivity index (χ0) is 16.7. The van der Waals surface area contributed by atoms with Crippen LogP contribution >= 0.6 is 0 Å². The van der Waals surface area contributed by atoms with Crippen LogP contribution in [0.25, 0.3) is 33.4 Å². The molecule has 1 aromatic heterocycles. The van der Waals surface area contributed by atoms with Crippen LogP contribution in [0.3, 0.4) is 0 Å². The van der Waals surface area contributed by atoms with Crippen molar-refractivity contribution in [1.29, 1.82) is 0 Å². The number of fused-ring (bicyclic) bond motifs is 1. The lowest BCUT2D eigenvalue weighted by molar-refractivity contribution is 0.629. The topological polar surface area (TPSA) is 13.1 Å². The van der Waals surface area contributed by atoms with Gasteiger partial charge in [-0.25, -0.2) is 0 Å². The molecule has 1 nitrogen and oxygen atoms in total. The molecule has 0 bridgehead atoms. The van der Waals surface area contributed by atoms with E-state index in [1.165, 1.54) is 33.2 Å². The molecular weight excluding hydrogens is 292 g/mol. The maximum atomic E-state index is 6.38. The molecule has 118 valence electrons. The molecule has 0 aliphatic carbocycles. The average molecular weight is 312 g/mol. The first-order valence-electron chi connectivity index (χ1n) is 8.30. The fourth-order valence-corrected chi connectivity index (χ4v) is 3.19. The number of hydrogen-bond acceptors (Lipinski definition) is 1. The highest BCUT2D eigenvalue weighted by molar-refractivity contribution is 6.03. The van der Waals surface area contributed by atoms with E-state index in [1.807, 2.05) is 6.07 Å². The fraction of sp³-hybridized carbons (Fsp3) is 0.130. The van der Waals surface area contributed by atoms with Crippen molar-refractivity contribution in [2.45, 2.75) is 20.8 Å². The Morgan fingerprint density at radius 2 is 1.38 bits per heavy atom. The third-order valence-corrected chi connectivity index (χ3v) is 4.75. The highest BCUT2D eigenvalue weighted by Gasteiger charge is 2.19. The van der Waals surface area contributed by atoms with Gasteiger partial charge in [-0.2, -0.15) is 0 Å². The van der Waals surface area contributed by atoms with E-state index >= 15 is 0 Å². The standard InChI is InChI=1S/C23H20O/c1-15-9-12-18(13-10-15)21-20-14-11-16(2)17(3)22(20)24-23(21)19-7-5-4-6-8-19/h4-14H,1-3H3. The number of hydrogen-bond donors (Lipinski definition) is 0. The maximum Gasteiger partial charge on any atom is 0.143 e. The van der Waals surface area contributed by atoms with Gasteiger partial charge in [-0.3, -0.25) is 0 Å². The van der Waals surface area contributed by atoms with Gasteiger partial charge in [0.1, 0.15) is 11.3 Å². The van der Waals surface area contributed by atoms with Crippen molar-refractivity contribution in [3.05, 3.63) is 83.4 Å². The predicted molar refractivity (Wildman–Crippen MR) is 101 cm³/mol. The van der Waals surface area contributed by atoms with Crippen LogP contribution in [0.2, 0.25) is 0 Å². The average Bonchev–Trinajstić information content (AvgIpc) is 3.00. The molecule has 4 aromatic rings. The summed E-state index contributed by atoms with van der Waals surface area (Å²) >= 11 is 0. The van der Waals surface area contributed by atoms with Gasteiger partial charge < -0.3 is 4.42 Å². The molecule has 0 radical (unpaired) electrons. The van der Waals surface area contributed by atoms with Crippen molar-refractivity contribution < 1.29 is 4.42 Å². The molecule has 0 unspecified atom stereocenters. The van der Waals surface area contributed by atoms with E-state index in [2.05, 4.69) is 81.4 Å². The highest BCUT2D eigenvalue weighted by Crippen LogP contribution is 2.42. The van der Waals surface area contributed by atoms with E-state index in [-0.39, 0.29) is 0 Å². The second kappa shape index (κ2) is 5.68. The van der Waals surface area contributed by atoms with Crippen molar-refractivity contribution in [3.8, 4) is 22.5 Å². The zero-order valence-electron chi connectivity index (χ0n) is 14.3. The Kier molecular flexibility index (Phi) is 3.50. The van der Waals surface area contributed by atoms with E-state index < -0.39 is 0 Å². The van der Waals surface area contributed by atoms with E-state index in [0.29, 0.717) is 0 Å². The van der Waals surface area contributed by atoms with E-state index in [1.54, 1.807) is 0 Å². The minimum atomic E-state index is 0.947. The van der Waals surface area contributed by atoms with Crippen molar-refractivity contribution in [1.82, 2.24) is 0 Å². The molecule has 24 heavy (non-hydrogen) atoms. The molecule has 0 aliphatic heterocycles. The normalized spacial score (nSPS) is 11.1. The van der Waals surface area contributed by atoms with Crippen LogP contribution < -0.4 is 0 Å². The first kappa shape index (κ1) is 14.8. The second-order valence-electron chi connectivity index (χ2n) is 6.42. The predicted octanol–water partition coefficient (Wildman–Crippen LogP) is 6.69. The Labute approximate surface area is 142 Å². The lowest BCUT2D eigenvalue weighted by atomic mass is 9.96. The minimum absolute atomic E-state index is 0.947. The van der Waals surface area contributed by atoms with Gasteiger partial charge in [0.25, 0.3) is 0 Å². The summed E-state index contributed by atoms with van der Waals surface area (Å²) in [5, 5.41) is 1.18. The zero-order valence-corrected chi connectivity index (χ0v) is 14.3. The van der Waals surface area contributed by atoms with Crippen LogP contribution in [0.1, 0.15) is 16.7 Å². The number of rotatable bonds is 2. The van der Waals surface area contributed by atoms with Gasteiger partial charge in [0.05, 0.1) is 0 Å². The maximum absolute atomic E-state index is 6.38. The van der Waals surface area contributed by atoms with E-state index in [4.69, 9.17) is 4.42 Å². The van der Waals surface area contributed by atoms with Crippen LogP contribution in [-0.2, 0) is 0 Å². The minimum Gasteiger partial charge on any atom is -0.455 e. The van der Waals surface area contributed by atoms with Crippen LogP contribution in [0, 0.1) is 20.8 Å². The van der Waals surface area contributed by atoms with Gasteiger partial charge in [-0.1, -0.05) is 72.3 Å². The fourth-order valence-electron chi connectivity index (χ4n) is 3.19. The molecule has 0 atom stereocenters. The third kappa shape index (κ3) is 2.33. The molecule has 1 heteroatoms. The molecule has 0 amide bonds. The molecule has 0 spiro atoms. The summed E-state index contributed by atoms with van der Waals surface area (Å²) < 4.78 is 6.38. The monoisotopic (exact) mass is 312 g/mol. The molecule has 3 aromatic carbocycles. The van der Waals surface area contributed by atoms with E-state index in [0.717, 1.165) is 16.9 Å². The summed E-state index contributed by atoms with van der Waals surface area (Å²) in [6.07, 6.45) is 0. The SMILES string of the molecule is Cc1ccc(-c2c(-c3ccccc3)oc3c(C)c(C)ccc23)cc1. The van der Waals surface area contributed by atoms with Crippen molar-refractivity contribution in [2.75, 3.05) is 0 Å². The molecule has 0 saturated carbocycles. The van der Waals surface area contributed by atoms with Gasteiger partial charge in [-0.05, 0) is 37.5 Å². The van der Waals surface area contributed by atoms with E-state index in [9.17, 15) is 0 Å². The number of benzene rings is 3. The summed E-state index contributed by atoms with van der Waals surface area (Å²) in [6.45, 7) is 6.38. The van der Waals surface area contributed by atoms with Crippen molar-refractivity contribution >= 4 is 11.0 Å². The summed E-state index contributed by atoms with van der Waals surface area (Å²) in [6, 6.07) is 23.4. The lowest BCUT2D eigenvalue weighted by Gasteiger charge is -2.05. The Bertz CT molecular complexity index is 1010. The van der Waals surface area contributed by atoms with Crippen LogP contribution in [0.5, 0.6) is 0 Å². The lowest BCUT2D eigenvalue weighted by Crippen LogP contribution is -1.83. The smallest absolute Gasteiger partial charge is 0.143 e. The van der Waals surface area contributed by atoms with Gasteiger partial charge >= 0.3 is 0 Å². The van der Waals surface area contributed by atoms with Crippen LogP contribution in [-0.4, -0.2) is 0 Å². The Morgan fingerprint density at radius 3 is 2.08 bits per heavy atom. The summed E-state index contributed by atoms with van der Waals surface area (Å²) in [7, 11) is 0. The Morgan fingerprint density at radius 1 is 0.667 bits per heavy atom. The first-order valence-corrected chi connectivity index (χ1v) is 8.30. The van der Waals surface area contributed by atoms with Crippen molar-refractivity contribution in [3.63, 3.8) is 0 Å². The molecular formula is C23H20O. The van der Waals surface area contributed by atoms with Crippen LogP contribution in [0.15, 0.2) is 71.1 Å². The summed E-state index contributed by atoms with van der Waals surface area (Å²) in [4.78, 5) is 0. The van der Waals surface area contributed by atoms with Crippen LogP contribution in [0.4, 0.5) is 0 Å². The third-order valence-electron chi connectivity index (χ3n) is 4.75. The molecule has 0 aliphatic rings. The Hall–Kier alpha value is -2.80. The van der Waals surface area contributed by atoms with Gasteiger partial charge in [0, 0.05) is 16.5 Å². The van der Waals surface area contributed by atoms with Gasteiger partial charge in [-0.15, -0.1) is 0 Å². The molecule has 4 rings (SSSR count). The summed E-state index contributed by atoms with van der Waals surface area (Å²) in [5.41, 5.74) is 8.21. The second-order valence-corrected chi connectivity index (χ2v) is 6.42. The van der Waals surface area contributed by atoms with Gasteiger partial charge in [0.15, 0.2) is 0 Å². The molecule has 0 N–H and O–H groups in total. The number of furan rings is 1. The Balaban J connectivity index is 2.09. The summed E-state index contributed by atoms with van der Waals surface area (Å²) in [5.74, 6) is 0.947. The molecule has 1 heterocycles. The molecule has 0 fully saturated rings. The van der Waals surface area contributed by atoms with Crippen molar-refractivity contribution in [2.24, 2.45) is 0 Å². The first-order chi connectivity index (χ1) is 11.6. The van der Waals surface area contributed by atoms with Gasteiger partial charge in [0.2, 0.25) is 0 Å². The quantitative estimate of drug-likeness (QED) is 0.402. The largest absolute Gasteiger partial charge is 0.455 e. The highest BCUT2D eigenvalue weighted by atomic mass is 16.3.